The van der Waals surface area contributed by atoms with Gasteiger partial charge in [0.15, 0.2) is 4.60 Å². The lowest BCUT2D eigenvalue weighted by molar-refractivity contribution is -0.00277. The van der Waals surface area contributed by atoms with E-state index in [1.807, 2.05) is 0 Å². The van der Waals surface area contributed by atoms with Crippen LogP contribution in [0.3, 0.4) is 0 Å². The van der Waals surface area contributed by atoms with Gasteiger partial charge in [-0.15, -0.1) is 0 Å². The van der Waals surface area contributed by atoms with Gasteiger partial charge < -0.3 is 4.52 Å². The maximum absolute atomic E-state index is 12.9. The Balaban J connectivity index is 2.60. The molecule has 0 spiro atoms. The minimum Gasteiger partial charge on any atom is -0.360 e. The van der Waals surface area contributed by atoms with Crippen LogP contribution in [0.1, 0.15) is 17.7 Å². The normalized spacial score (nSPS) is 20.3. The monoisotopic (exact) mass is 223 g/mol. The van der Waals surface area contributed by atoms with Crippen molar-refractivity contribution < 1.29 is 13.3 Å². The second-order valence-electron chi connectivity index (χ2n) is 2.48. The lowest BCUT2D eigenvalue weighted by Gasteiger charge is -2.05. The maximum Gasteiger partial charge on any atom is 0.279 e. The summed E-state index contributed by atoms with van der Waals surface area (Å²) < 4.78 is 30.6. The summed E-state index contributed by atoms with van der Waals surface area (Å²) in [7, 11) is 0. The van der Waals surface area contributed by atoms with Crippen molar-refractivity contribution in [3.63, 3.8) is 0 Å². The molecule has 60 valence electrons. The number of halogens is 3. The standard InChI is InChI=1S/C6H4BrF2NO/c7-5-4-3(11-10-5)1-2-6(4,8)9/h1-2H2. The number of rotatable bonds is 0. The molecule has 0 bridgehead atoms. The maximum atomic E-state index is 12.9. The molecule has 11 heavy (non-hydrogen) atoms. The summed E-state index contributed by atoms with van der Waals surface area (Å²) in [4.78, 5) is 0. The van der Waals surface area contributed by atoms with Crippen LogP contribution in [0, 0.1) is 0 Å². The first kappa shape index (κ1) is 7.21. The Kier molecular flexibility index (Phi) is 1.33. The van der Waals surface area contributed by atoms with Crippen LogP contribution in [0.2, 0.25) is 0 Å². The van der Waals surface area contributed by atoms with Gasteiger partial charge in [0.05, 0.1) is 5.56 Å². The average Bonchev–Trinajstić information content (AvgIpc) is 2.38. The van der Waals surface area contributed by atoms with E-state index in [-0.39, 0.29) is 23.0 Å². The highest BCUT2D eigenvalue weighted by Gasteiger charge is 2.44. The molecule has 1 aromatic rings. The summed E-state index contributed by atoms with van der Waals surface area (Å²) in [5.74, 6) is -2.45. The van der Waals surface area contributed by atoms with Gasteiger partial charge in [-0.05, 0) is 15.9 Å². The van der Waals surface area contributed by atoms with Gasteiger partial charge in [0.2, 0.25) is 0 Å². The van der Waals surface area contributed by atoms with Crippen molar-refractivity contribution in [3.8, 4) is 0 Å². The molecule has 1 aliphatic carbocycles. The lowest BCUT2D eigenvalue weighted by atomic mass is 10.2. The Hall–Kier alpha value is -0.450. The van der Waals surface area contributed by atoms with Crippen molar-refractivity contribution in [1.82, 2.24) is 5.16 Å². The molecule has 1 aromatic heterocycles. The Morgan fingerprint density at radius 3 is 2.91 bits per heavy atom. The third kappa shape index (κ3) is 0.903. The molecule has 0 saturated heterocycles. The van der Waals surface area contributed by atoms with E-state index in [9.17, 15) is 8.78 Å². The summed E-state index contributed by atoms with van der Waals surface area (Å²) >= 11 is 2.91. The summed E-state index contributed by atoms with van der Waals surface area (Å²) in [5.41, 5.74) is -0.0718. The zero-order chi connectivity index (χ0) is 8.06. The number of aromatic nitrogens is 1. The Bertz CT molecular complexity index is 297. The first-order chi connectivity index (χ1) is 5.11. The minimum absolute atomic E-state index is 0.0718. The molecule has 0 fully saturated rings. The first-order valence-electron chi connectivity index (χ1n) is 3.13. The van der Waals surface area contributed by atoms with Gasteiger partial charge in [0.25, 0.3) is 5.92 Å². The van der Waals surface area contributed by atoms with E-state index in [0.717, 1.165) is 0 Å². The highest BCUT2D eigenvalue weighted by molar-refractivity contribution is 9.10. The Morgan fingerprint density at radius 1 is 1.55 bits per heavy atom. The molecule has 0 unspecified atom stereocenters. The van der Waals surface area contributed by atoms with E-state index in [2.05, 4.69) is 25.6 Å². The zero-order valence-electron chi connectivity index (χ0n) is 5.40. The second-order valence-corrected chi connectivity index (χ2v) is 3.23. The van der Waals surface area contributed by atoms with Gasteiger partial charge in [-0.1, -0.05) is 5.16 Å². The fraction of sp³-hybridized carbons (Fsp3) is 0.500. The van der Waals surface area contributed by atoms with Crippen LogP contribution in [0.4, 0.5) is 8.78 Å². The third-order valence-corrected chi connectivity index (χ3v) is 2.29. The van der Waals surface area contributed by atoms with Crippen LogP contribution in [-0.2, 0) is 12.3 Å². The number of alkyl halides is 2. The number of nitrogens with zero attached hydrogens (tertiary/aromatic N) is 1. The lowest BCUT2D eigenvalue weighted by Crippen LogP contribution is -2.07. The topological polar surface area (TPSA) is 26.0 Å². The second kappa shape index (κ2) is 2.03. The Morgan fingerprint density at radius 2 is 2.27 bits per heavy atom. The smallest absolute Gasteiger partial charge is 0.279 e. The summed E-state index contributed by atoms with van der Waals surface area (Å²) in [6, 6.07) is 0. The van der Waals surface area contributed by atoms with Crippen LogP contribution < -0.4 is 0 Å². The van der Waals surface area contributed by atoms with Gasteiger partial charge in [-0.2, -0.15) is 0 Å². The molecule has 0 radical (unpaired) electrons. The van der Waals surface area contributed by atoms with Gasteiger partial charge >= 0.3 is 0 Å². The summed E-state index contributed by atoms with van der Waals surface area (Å²) in [6.45, 7) is 0. The van der Waals surface area contributed by atoms with Gasteiger partial charge in [-0.3, -0.25) is 0 Å². The molecule has 1 heterocycles. The van der Waals surface area contributed by atoms with Crippen molar-refractivity contribution in [3.05, 3.63) is 15.9 Å². The highest BCUT2D eigenvalue weighted by Crippen LogP contribution is 2.44. The molecule has 0 aliphatic heterocycles. The molecule has 0 saturated carbocycles. The molecule has 0 atom stereocenters. The average molecular weight is 224 g/mol. The summed E-state index contributed by atoms with van der Waals surface area (Å²) in [5, 5.41) is 3.40. The van der Waals surface area contributed by atoms with E-state index in [0.29, 0.717) is 5.76 Å². The van der Waals surface area contributed by atoms with E-state index < -0.39 is 5.92 Å². The van der Waals surface area contributed by atoms with Gasteiger partial charge in [0, 0.05) is 12.8 Å². The van der Waals surface area contributed by atoms with Gasteiger partial charge in [-0.25, -0.2) is 8.78 Å². The van der Waals surface area contributed by atoms with Crippen LogP contribution >= 0.6 is 15.9 Å². The predicted octanol–water partition coefficient (Wildman–Crippen LogP) is 2.48. The fourth-order valence-electron chi connectivity index (χ4n) is 1.22. The third-order valence-electron chi connectivity index (χ3n) is 1.75. The molecule has 0 amide bonds. The molecular formula is C6H4BrF2NO. The quantitative estimate of drug-likeness (QED) is 0.676. The minimum atomic E-state index is -2.76. The highest BCUT2D eigenvalue weighted by atomic mass is 79.9. The molecule has 1 aliphatic rings. The molecule has 5 heteroatoms. The fourth-order valence-corrected chi connectivity index (χ4v) is 1.81. The molecule has 2 rings (SSSR count). The van der Waals surface area contributed by atoms with E-state index >= 15 is 0 Å². The van der Waals surface area contributed by atoms with Gasteiger partial charge in [0.1, 0.15) is 5.76 Å². The predicted molar refractivity (Wildman–Crippen MR) is 36.4 cm³/mol. The van der Waals surface area contributed by atoms with Crippen LogP contribution in [0.15, 0.2) is 9.13 Å². The van der Waals surface area contributed by atoms with Crippen LogP contribution in [-0.4, -0.2) is 5.16 Å². The Labute approximate surface area is 69.7 Å². The number of hydrogen-bond donors (Lipinski definition) is 0. The first-order valence-corrected chi connectivity index (χ1v) is 3.93. The van der Waals surface area contributed by atoms with Crippen LogP contribution in [0.5, 0.6) is 0 Å². The molecule has 0 aromatic carbocycles. The molecular weight excluding hydrogens is 220 g/mol. The molecule has 0 N–H and O–H groups in total. The van der Waals surface area contributed by atoms with Crippen molar-refractivity contribution in [2.45, 2.75) is 18.8 Å². The molecule has 2 nitrogen and oxygen atoms in total. The number of aryl methyl sites for hydroxylation is 1. The summed E-state index contributed by atoms with van der Waals surface area (Å²) in [6.07, 6.45) is 0.114. The number of hydrogen-bond acceptors (Lipinski definition) is 2. The zero-order valence-corrected chi connectivity index (χ0v) is 6.99. The van der Waals surface area contributed by atoms with Crippen molar-refractivity contribution in [2.24, 2.45) is 0 Å². The van der Waals surface area contributed by atoms with Crippen molar-refractivity contribution in [2.75, 3.05) is 0 Å². The van der Waals surface area contributed by atoms with E-state index in [1.165, 1.54) is 0 Å². The van der Waals surface area contributed by atoms with Crippen LogP contribution in [0.25, 0.3) is 0 Å². The largest absolute Gasteiger partial charge is 0.360 e. The number of fused-ring (bicyclic) bond motifs is 1. The van der Waals surface area contributed by atoms with Crippen molar-refractivity contribution in [1.29, 1.82) is 0 Å². The van der Waals surface area contributed by atoms with E-state index in [4.69, 9.17) is 0 Å². The van der Waals surface area contributed by atoms with E-state index in [1.54, 1.807) is 0 Å². The SMILES string of the molecule is FC1(F)CCc2onc(Br)c21. The van der Waals surface area contributed by atoms with Crippen molar-refractivity contribution >= 4 is 15.9 Å².